The van der Waals surface area contributed by atoms with Gasteiger partial charge in [-0.15, -0.1) is 0 Å². The number of methoxy groups -OCH3 is 1. The third-order valence-electron chi connectivity index (χ3n) is 4.37. The molecule has 140 valence electrons. The van der Waals surface area contributed by atoms with Crippen molar-refractivity contribution in [1.29, 1.82) is 0 Å². The van der Waals surface area contributed by atoms with Crippen LogP contribution in [0.5, 0.6) is 0 Å². The second-order valence-electron chi connectivity index (χ2n) is 8.50. The lowest BCUT2D eigenvalue weighted by Gasteiger charge is -2.44. The Morgan fingerprint density at radius 2 is 1.96 bits per heavy atom. The Balaban J connectivity index is 3.02. The van der Waals surface area contributed by atoms with Crippen molar-refractivity contribution in [1.82, 2.24) is 4.90 Å². The van der Waals surface area contributed by atoms with E-state index in [4.69, 9.17) is 14.2 Å². The van der Waals surface area contributed by atoms with Crippen molar-refractivity contribution in [2.45, 2.75) is 52.7 Å². The summed E-state index contributed by atoms with van der Waals surface area (Å²) in [5.41, 5.74) is -1.04. The Kier molecular flexibility index (Phi) is 6.82. The van der Waals surface area contributed by atoms with Crippen LogP contribution in [0.15, 0.2) is 0 Å². The van der Waals surface area contributed by atoms with Gasteiger partial charge >= 0.3 is 11.9 Å². The van der Waals surface area contributed by atoms with Crippen molar-refractivity contribution in [3.05, 3.63) is 0 Å². The van der Waals surface area contributed by atoms with E-state index in [9.17, 15) is 9.59 Å². The molecule has 1 rings (SSSR count). The van der Waals surface area contributed by atoms with Gasteiger partial charge in [-0.1, -0.05) is 20.8 Å². The minimum Gasteiger partial charge on any atom is -0.464 e. The number of cyclic esters (lactones) is 1. The van der Waals surface area contributed by atoms with Crippen LogP contribution in [0.25, 0.3) is 0 Å². The highest BCUT2D eigenvalue weighted by Gasteiger charge is 2.52. The molecule has 0 aromatic rings. The van der Waals surface area contributed by atoms with Crippen LogP contribution in [0.1, 0.15) is 41.0 Å². The van der Waals surface area contributed by atoms with Crippen LogP contribution in [0.2, 0.25) is 0 Å². The van der Waals surface area contributed by atoms with Crippen LogP contribution in [0.3, 0.4) is 0 Å². The molecule has 3 atom stereocenters. The molecule has 0 spiro atoms. The number of carbonyl (C=O) groups is 2. The monoisotopic (exact) mass is 343 g/mol. The fourth-order valence-corrected chi connectivity index (χ4v) is 3.18. The number of rotatable bonds is 6. The highest BCUT2D eigenvalue weighted by Crippen LogP contribution is 2.42. The Labute approximate surface area is 145 Å². The number of nitrogens with zero attached hydrogens (tertiary/aromatic N) is 1. The van der Waals surface area contributed by atoms with Crippen molar-refractivity contribution in [2.24, 2.45) is 17.3 Å². The molecule has 6 nitrogen and oxygen atoms in total. The van der Waals surface area contributed by atoms with Crippen LogP contribution >= 0.6 is 0 Å². The topological polar surface area (TPSA) is 65.1 Å². The van der Waals surface area contributed by atoms with Gasteiger partial charge in [0.2, 0.25) is 0 Å². The summed E-state index contributed by atoms with van der Waals surface area (Å²) in [4.78, 5) is 27.3. The molecule has 0 amide bonds. The minimum absolute atomic E-state index is 0.295. The molecule has 0 aromatic heterocycles. The van der Waals surface area contributed by atoms with Crippen LogP contribution in [-0.4, -0.2) is 62.9 Å². The molecule has 6 heteroatoms. The molecule has 1 aliphatic heterocycles. The van der Waals surface area contributed by atoms with Crippen molar-refractivity contribution in [3.63, 3.8) is 0 Å². The van der Waals surface area contributed by atoms with Crippen molar-refractivity contribution in [3.8, 4) is 0 Å². The number of likely N-dealkylation sites (N-methyl/N-ethyl adjacent to an activating group) is 1. The first-order chi connectivity index (χ1) is 10.9. The minimum atomic E-state index is -0.658. The van der Waals surface area contributed by atoms with Crippen molar-refractivity contribution < 1.29 is 23.8 Å². The van der Waals surface area contributed by atoms with E-state index in [1.165, 1.54) is 0 Å². The van der Waals surface area contributed by atoms with E-state index in [2.05, 4.69) is 0 Å². The van der Waals surface area contributed by atoms with Gasteiger partial charge < -0.3 is 19.1 Å². The number of carbonyl (C=O) groups excluding carboxylic acids is 2. The summed E-state index contributed by atoms with van der Waals surface area (Å²) in [7, 11) is 5.40. The first kappa shape index (κ1) is 20.9. The normalized spacial score (nSPS) is 25.3. The molecule has 0 saturated carbocycles. The first-order valence-electron chi connectivity index (χ1n) is 8.46. The second-order valence-corrected chi connectivity index (χ2v) is 8.50. The molecule has 3 unspecified atom stereocenters. The van der Waals surface area contributed by atoms with Crippen molar-refractivity contribution >= 4 is 11.9 Å². The van der Waals surface area contributed by atoms with E-state index in [1.54, 1.807) is 7.11 Å². The van der Waals surface area contributed by atoms with Gasteiger partial charge in [-0.25, -0.2) is 0 Å². The quantitative estimate of drug-likeness (QED) is 0.688. The second kappa shape index (κ2) is 7.83. The molecule has 1 heterocycles. The predicted octanol–water partition coefficient (Wildman–Crippen LogP) is 2.11. The lowest BCUT2D eigenvalue weighted by atomic mass is 9.68. The highest BCUT2D eigenvalue weighted by molar-refractivity contribution is 5.84. The summed E-state index contributed by atoms with van der Waals surface area (Å²) in [6.07, 6.45) is 0.184. The van der Waals surface area contributed by atoms with Crippen LogP contribution in [0.4, 0.5) is 0 Å². The number of esters is 2. The maximum Gasteiger partial charge on any atom is 0.313 e. The standard InChI is InChI=1S/C18H33NO5/c1-17(2,3)14(16(21)23-10-9-19(6)7)13-12(22-8)11-18(4,5)24-15(13)20/h12-14H,9-11H2,1-8H3. The Hall–Kier alpha value is -1.14. The van der Waals surface area contributed by atoms with Gasteiger partial charge in [0, 0.05) is 20.1 Å². The summed E-state index contributed by atoms with van der Waals surface area (Å²) in [5.74, 6) is -2.03. The maximum absolute atomic E-state index is 12.7. The molecule has 1 saturated heterocycles. The Bertz CT molecular complexity index is 453. The molecule has 0 aliphatic carbocycles. The molecule has 0 N–H and O–H groups in total. The number of hydrogen-bond acceptors (Lipinski definition) is 6. The molecule has 1 aliphatic rings. The third kappa shape index (κ3) is 5.45. The van der Waals surface area contributed by atoms with E-state index in [-0.39, 0.29) is 18.0 Å². The van der Waals surface area contributed by atoms with Crippen molar-refractivity contribution in [2.75, 3.05) is 34.4 Å². The molecule has 0 aromatic carbocycles. The predicted molar refractivity (Wildman–Crippen MR) is 91.5 cm³/mol. The van der Waals surface area contributed by atoms with Crippen LogP contribution in [0, 0.1) is 17.3 Å². The SMILES string of the molecule is COC1CC(C)(C)OC(=O)C1C(C(=O)OCCN(C)C)C(C)(C)C. The van der Waals surface area contributed by atoms with Gasteiger partial charge in [-0.3, -0.25) is 9.59 Å². The van der Waals surface area contributed by atoms with E-state index in [0.29, 0.717) is 19.6 Å². The van der Waals surface area contributed by atoms with Gasteiger partial charge in [0.15, 0.2) is 0 Å². The number of hydrogen-bond donors (Lipinski definition) is 0. The van der Waals surface area contributed by atoms with E-state index < -0.39 is 22.9 Å². The lowest BCUT2D eigenvalue weighted by molar-refractivity contribution is -0.198. The van der Waals surface area contributed by atoms with Crippen LogP contribution in [-0.2, 0) is 23.8 Å². The van der Waals surface area contributed by atoms with Gasteiger partial charge in [0.1, 0.15) is 12.2 Å². The van der Waals surface area contributed by atoms with E-state index in [1.807, 2.05) is 53.6 Å². The summed E-state index contributed by atoms with van der Waals surface area (Å²) in [6, 6.07) is 0. The Morgan fingerprint density at radius 3 is 2.42 bits per heavy atom. The van der Waals surface area contributed by atoms with Crippen LogP contribution < -0.4 is 0 Å². The summed E-state index contributed by atoms with van der Waals surface area (Å²) in [6.45, 7) is 10.4. The molecular formula is C18H33NO5. The smallest absolute Gasteiger partial charge is 0.313 e. The van der Waals surface area contributed by atoms with Gasteiger partial charge in [-0.2, -0.15) is 0 Å². The fraction of sp³-hybridized carbons (Fsp3) is 0.889. The first-order valence-corrected chi connectivity index (χ1v) is 8.46. The van der Waals surface area contributed by atoms with E-state index in [0.717, 1.165) is 0 Å². The highest BCUT2D eigenvalue weighted by atomic mass is 16.6. The Morgan fingerprint density at radius 1 is 1.38 bits per heavy atom. The summed E-state index contributed by atoms with van der Waals surface area (Å²) >= 11 is 0. The molecule has 0 bridgehead atoms. The molecular weight excluding hydrogens is 310 g/mol. The average molecular weight is 343 g/mol. The molecule has 24 heavy (non-hydrogen) atoms. The van der Waals surface area contributed by atoms with E-state index >= 15 is 0 Å². The zero-order valence-electron chi connectivity index (χ0n) is 16.3. The number of ether oxygens (including phenoxy) is 3. The van der Waals surface area contributed by atoms with Gasteiger partial charge in [0.25, 0.3) is 0 Å². The third-order valence-corrected chi connectivity index (χ3v) is 4.37. The maximum atomic E-state index is 12.7. The fourth-order valence-electron chi connectivity index (χ4n) is 3.18. The van der Waals surface area contributed by atoms with Gasteiger partial charge in [0.05, 0.1) is 17.9 Å². The lowest BCUT2D eigenvalue weighted by Crippen LogP contribution is -2.54. The zero-order chi connectivity index (χ0) is 18.7. The van der Waals surface area contributed by atoms with Gasteiger partial charge in [-0.05, 0) is 33.4 Å². The average Bonchev–Trinajstić information content (AvgIpc) is 2.38. The summed E-state index contributed by atoms with van der Waals surface area (Å²) in [5, 5.41) is 0. The molecule has 1 fully saturated rings. The largest absolute Gasteiger partial charge is 0.464 e. The summed E-state index contributed by atoms with van der Waals surface area (Å²) < 4.78 is 16.6. The molecule has 0 radical (unpaired) electrons. The zero-order valence-corrected chi connectivity index (χ0v) is 16.3.